The van der Waals surface area contributed by atoms with Crippen molar-refractivity contribution in [3.05, 3.63) is 83.6 Å². The number of aromatic nitrogens is 1. The van der Waals surface area contributed by atoms with Crippen LogP contribution in [0.15, 0.2) is 71.8 Å². The number of anilines is 1. The van der Waals surface area contributed by atoms with Crippen molar-refractivity contribution in [3.63, 3.8) is 0 Å². The molecule has 2 aromatic carbocycles. The van der Waals surface area contributed by atoms with Gasteiger partial charge < -0.3 is 14.7 Å². The van der Waals surface area contributed by atoms with E-state index >= 15 is 0 Å². The molecule has 0 saturated heterocycles. The summed E-state index contributed by atoms with van der Waals surface area (Å²) in [7, 11) is -2.35. The molecule has 4 rings (SSSR count). The highest BCUT2D eigenvalue weighted by atomic mass is 32.2. The number of ether oxygens (including phenoxy) is 1. The molecule has 35 heavy (non-hydrogen) atoms. The van der Waals surface area contributed by atoms with Crippen molar-refractivity contribution in [3.8, 4) is 5.88 Å². The SMILES string of the molecule is CCc1ccc(S(=O)(=O)N[C@@H]2c3cc(C(=O)N(C)c4ccccc4)cnc3OC(C)(C)[C@H]2O)cc1. The topological polar surface area (TPSA) is 109 Å². The number of para-hydroxylation sites is 1. The Kier molecular flexibility index (Phi) is 6.68. The number of amides is 1. The highest BCUT2D eigenvalue weighted by Crippen LogP contribution is 2.39. The molecule has 2 heterocycles. The van der Waals surface area contributed by atoms with Crippen LogP contribution in [0.1, 0.15) is 48.3 Å². The average molecular weight is 496 g/mol. The van der Waals surface area contributed by atoms with Crippen LogP contribution < -0.4 is 14.4 Å². The Hall–Kier alpha value is -3.27. The molecule has 0 aliphatic carbocycles. The second-order valence-electron chi connectivity index (χ2n) is 9.06. The predicted octanol–water partition coefficient (Wildman–Crippen LogP) is 3.47. The fourth-order valence-electron chi connectivity index (χ4n) is 4.01. The molecule has 3 aromatic rings. The average Bonchev–Trinajstić information content (AvgIpc) is 2.86. The number of hydrogen-bond acceptors (Lipinski definition) is 6. The number of aryl methyl sites for hydroxylation is 1. The molecule has 0 bridgehead atoms. The number of carbonyl (C=O) groups excluding carboxylic acids is 1. The number of nitrogens with zero attached hydrogens (tertiary/aromatic N) is 2. The number of hydrogen-bond donors (Lipinski definition) is 2. The minimum atomic E-state index is -3.99. The van der Waals surface area contributed by atoms with Gasteiger partial charge in [0.25, 0.3) is 5.91 Å². The predicted molar refractivity (Wildman–Crippen MR) is 133 cm³/mol. The van der Waals surface area contributed by atoms with Gasteiger partial charge in [-0.05, 0) is 56.2 Å². The summed E-state index contributed by atoms with van der Waals surface area (Å²) in [5.41, 5.74) is 1.11. The van der Waals surface area contributed by atoms with E-state index < -0.39 is 27.8 Å². The van der Waals surface area contributed by atoms with E-state index in [2.05, 4.69) is 9.71 Å². The molecule has 9 heteroatoms. The molecule has 184 valence electrons. The van der Waals surface area contributed by atoms with Crippen LogP contribution >= 0.6 is 0 Å². The van der Waals surface area contributed by atoms with Gasteiger partial charge in [0.15, 0.2) is 0 Å². The Bertz CT molecular complexity index is 1320. The van der Waals surface area contributed by atoms with Gasteiger partial charge in [-0.25, -0.2) is 18.1 Å². The molecule has 1 aromatic heterocycles. The normalized spacial score (nSPS) is 18.9. The van der Waals surface area contributed by atoms with Crippen LogP contribution in [0.5, 0.6) is 5.88 Å². The van der Waals surface area contributed by atoms with Crippen LogP contribution in [-0.4, -0.2) is 43.2 Å². The van der Waals surface area contributed by atoms with Crippen LogP contribution in [0.2, 0.25) is 0 Å². The molecule has 1 aliphatic heterocycles. The first-order chi connectivity index (χ1) is 16.5. The summed E-state index contributed by atoms with van der Waals surface area (Å²) in [4.78, 5) is 19.0. The van der Waals surface area contributed by atoms with E-state index in [4.69, 9.17) is 4.74 Å². The van der Waals surface area contributed by atoms with Gasteiger partial charge in [0.2, 0.25) is 15.9 Å². The number of benzene rings is 2. The fraction of sp³-hybridized carbons (Fsp3) is 0.308. The Morgan fingerprint density at radius 1 is 1.14 bits per heavy atom. The molecule has 2 atom stereocenters. The maximum atomic E-state index is 13.2. The van der Waals surface area contributed by atoms with E-state index in [9.17, 15) is 18.3 Å². The second-order valence-corrected chi connectivity index (χ2v) is 10.8. The monoisotopic (exact) mass is 495 g/mol. The lowest BCUT2D eigenvalue weighted by atomic mass is 9.88. The highest BCUT2D eigenvalue weighted by molar-refractivity contribution is 7.89. The van der Waals surface area contributed by atoms with Gasteiger partial charge in [0.1, 0.15) is 11.7 Å². The Balaban J connectivity index is 1.71. The van der Waals surface area contributed by atoms with Crippen molar-refractivity contribution >= 4 is 21.6 Å². The summed E-state index contributed by atoms with van der Waals surface area (Å²) in [5, 5.41) is 11.1. The van der Waals surface area contributed by atoms with Crippen LogP contribution in [0.3, 0.4) is 0 Å². The van der Waals surface area contributed by atoms with Crippen molar-refractivity contribution in [2.45, 2.75) is 49.8 Å². The summed E-state index contributed by atoms with van der Waals surface area (Å²) in [6.45, 7) is 5.30. The number of pyridine rings is 1. The summed E-state index contributed by atoms with van der Waals surface area (Å²) in [6, 6.07) is 16.1. The van der Waals surface area contributed by atoms with Crippen molar-refractivity contribution in [2.75, 3.05) is 11.9 Å². The molecular formula is C26H29N3O5S. The first-order valence-corrected chi connectivity index (χ1v) is 12.8. The number of carbonyl (C=O) groups is 1. The van der Waals surface area contributed by atoms with Gasteiger partial charge in [-0.2, -0.15) is 0 Å². The highest BCUT2D eigenvalue weighted by Gasteiger charge is 2.45. The third-order valence-corrected chi connectivity index (χ3v) is 7.68. The molecular weight excluding hydrogens is 466 g/mol. The zero-order valence-corrected chi connectivity index (χ0v) is 20.9. The summed E-state index contributed by atoms with van der Waals surface area (Å²) in [5.74, 6) is -0.171. The molecule has 1 amide bonds. The zero-order valence-electron chi connectivity index (χ0n) is 20.1. The van der Waals surface area contributed by atoms with Gasteiger partial charge in [-0.15, -0.1) is 0 Å². The van der Waals surface area contributed by atoms with E-state index in [1.807, 2.05) is 25.1 Å². The quantitative estimate of drug-likeness (QED) is 0.542. The van der Waals surface area contributed by atoms with Gasteiger partial charge in [-0.3, -0.25) is 4.79 Å². The van der Waals surface area contributed by atoms with Crippen molar-refractivity contribution in [1.29, 1.82) is 0 Å². The maximum Gasteiger partial charge on any atom is 0.259 e. The van der Waals surface area contributed by atoms with Crippen molar-refractivity contribution < 1.29 is 23.1 Å². The van der Waals surface area contributed by atoms with Gasteiger partial charge in [-0.1, -0.05) is 37.3 Å². The smallest absolute Gasteiger partial charge is 0.259 e. The molecule has 0 spiro atoms. The lowest BCUT2D eigenvalue weighted by Crippen LogP contribution is -2.53. The maximum absolute atomic E-state index is 13.2. The number of fused-ring (bicyclic) bond motifs is 1. The number of sulfonamides is 1. The van der Waals surface area contributed by atoms with E-state index in [0.29, 0.717) is 5.69 Å². The standard InChI is InChI=1S/C26H29N3O5S/c1-5-17-11-13-20(14-12-17)35(32,33)28-22-21-15-18(16-27-24(21)34-26(2,3)23(22)30)25(31)29(4)19-9-7-6-8-10-19/h6-16,22-23,28,30H,5H2,1-4H3/t22-,23+/m1/s1. The van der Waals surface area contributed by atoms with Crippen molar-refractivity contribution in [1.82, 2.24) is 9.71 Å². The number of rotatable bonds is 6. The van der Waals surface area contributed by atoms with Crippen LogP contribution in [0.25, 0.3) is 0 Å². The summed E-state index contributed by atoms with van der Waals surface area (Å²) < 4.78 is 34.9. The summed E-state index contributed by atoms with van der Waals surface area (Å²) >= 11 is 0. The second kappa shape index (κ2) is 9.41. The fourth-order valence-corrected chi connectivity index (χ4v) is 5.23. The molecule has 0 fully saturated rings. The third kappa shape index (κ3) is 4.93. The molecule has 0 unspecified atom stereocenters. The Morgan fingerprint density at radius 3 is 2.43 bits per heavy atom. The lowest BCUT2D eigenvalue weighted by molar-refractivity contribution is -0.0632. The largest absolute Gasteiger partial charge is 0.469 e. The minimum absolute atomic E-state index is 0.0803. The molecule has 8 nitrogen and oxygen atoms in total. The molecule has 2 N–H and O–H groups in total. The zero-order chi connectivity index (χ0) is 25.4. The number of aliphatic hydroxyl groups excluding tert-OH is 1. The number of nitrogens with one attached hydrogen (secondary N) is 1. The molecule has 1 aliphatic rings. The molecule has 0 radical (unpaired) electrons. The first-order valence-electron chi connectivity index (χ1n) is 11.3. The Morgan fingerprint density at radius 2 is 1.80 bits per heavy atom. The van der Waals surface area contributed by atoms with Gasteiger partial charge in [0, 0.05) is 24.5 Å². The van der Waals surface area contributed by atoms with Gasteiger partial charge in [0.05, 0.1) is 16.5 Å². The first kappa shape index (κ1) is 24.8. The Labute approximate surface area is 205 Å². The van der Waals surface area contributed by atoms with Crippen LogP contribution in [-0.2, 0) is 16.4 Å². The van der Waals surface area contributed by atoms with Crippen LogP contribution in [0.4, 0.5) is 5.69 Å². The minimum Gasteiger partial charge on any atom is -0.469 e. The number of aliphatic hydroxyl groups is 1. The van der Waals surface area contributed by atoms with E-state index in [-0.39, 0.29) is 27.8 Å². The van der Waals surface area contributed by atoms with Crippen molar-refractivity contribution in [2.24, 2.45) is 0 Å². The van der Waals surface area contributed by atoms with Gasteiger partial charge >= 0.3 is 0 Å². The lowest BCUT2D eigenvalue weighted by Gasteiger charge is -2.41. The van der Waals surface area contributed by atoms with E-state index in [0.717, 1.165) is 12.0 Å². The molecule has 0 saturated carbocycles. The van der Waals surface area contributed by atoms with E-state index in [1.54, 1.807) is 45.2 Å². The summed E-state index contributed by atoms with van der Waals surface area (Å²) in [6.07, 6.45) is 0.941. The third-order valence-electron chi connectivity index (χ3n) is 6.22. The van der Waals surface area contributed by atoms with E-state index in [1.165, 1.54) is 29.3 Å². The van der Waals surface area contributed by atoms with Crippen LogP contribution in [0, 0.1) is 0 Å².